The minimum Gasteiger partial charge on any atom is -0.356 e. The van der Waals surface area contributed by atoms with Crippen molar-refractivity contribution in [3.05, 3.63) is 36.5 Å². The summed E-state index contributed by atoms with van der Waals surface area (Å²) in [5, 5.41) is 5.36. The second-order valence-corrected chi connectivity index (χ2v) is 5.76. The molecule has 0 aliphatic carbocycles. The van der Waals surface area contributed by atoms with E-state index in [1.54, 1.807) is 6.33 Å². The molecule has 0 aromatic carbocycles. The Morgan fingerprint density at radius 3 is 3.19 bits per heavy atom. The van der Waals surface area contributed by atoms with E-state index in [0.29, 0.717) is 5.92 Å². The second kappa shape index (κ2) is 4.87. The number of hydrogen-bond donors (Lipinski definition) is 1. The highest BCUT2D eigenvalue weighted by Gasteiger charge is 2.25. The molecule has 4 heterocycles. The van der Waals surface area contributed by atoms with Gasteiger partial charge in [-0.3, -0.25) is 4.68 Å². The van der Waals surface area contributed by atoms with Crippen LogP contribution in [0.3, 0.4) is 0 Å². The Bertz CT molecular complexity index is 758. The van der Waals surface area contributed by atoms with E-state index < -0.39 is 0 Å². The van der Waals surface area contributed by atoms with Crippen LogP contribution in [0, 0.1) is 5.92 Å². The number of nitrogens with zero attached hydrogens (tertiary/aromatic N) is 5. The minimum absolute atomic E-state index is 0.665. The van der Waals surface area contributed by atoms with Gasteiger partial charge in [0.1, 0.15) is 17.8 Å². The molecule has 0 spiro atoms. The molecule has 3 aromatic heterocycles. The van der Waals surface area contributed by atoms with Gasteiger partial charge < -0.3 is 9.88 Å². The van der Waals surface area contributed by atoms with E-state index in [-0.39, 0.29) is 0 Å². The molecule has 3 aromatic rings. The van der Waals surface area contributed by atoms with Crippen molar-refractivity contribution in [3.8, 4) is 0 Å². The first-order valence-electron chi connectivity index (χ1n) is 7.30. The first-order chi connectivity index (χ1) is 10.3. The molecule has 0 amide bonds. The van der Waals surface area contributed by atoms with Crippen molar-refractivity contribution in [3.63, 3.8) is 0 Å². The van der Waals surface area contributed by atoms with E-state index in [0.717, 1.165) is 36.4 Å². The van der Waals surface area contributed by atoms with Crippen molar-refractivity contribution in [2.24, 2.45) is 13.0 Å². The van der Waals surface area contributed by atoms with Crippen molar-refractivity contribution >= 4 is 16.9 Å². The molecule has 1 atom stereocenters. The highest BCUT2D eigenvalue weighted by atomic mass is 15.2. The van der Waals surface area contributed by atoms with Crippen LogP contribution in [0.4, 0.5) is 5.82 Å². The summed E-state index contributed by atoms with van der Waals surface area (Å²) in [7, 11) is 1.97. The fourth-order valence-electron chi connectivity index (χ4n) is 3.21. The van der Waals surface area contributed by atoms with Gasteiger partial charge in [0.05, 0.1) is 11.6 Å². The lowest BCUT2D eigenvalue weighted by Gasteiger charge is -2.17. The summed E-state index contributed by atoms with van der Waals surface area (Å²) in [4.78, 5) is 14.3. The maximum Gasteiger partial charge on any atom is 0.142 e. The monoisotopic (exact) mass is 282 g/mol. The van der Waals surface area contributed by atoms with Gasteiger partial charge in [0, 0.05) is 32.5 Å². The summed E-state index contributed by atoms with van der Waals surface area (Å²) in [5.74, 6) is 1.72. The van der Waals surface area contributed by atoms with E-state index in [1.807, 2.05) is 24.1 Å². The molecule has 1 aliphatic heterocycles. The van der Waals surface area contributed by atoms with Crippen LogP contribution in [-0.2, 0) is 13.5 Å². The number of fused-ring (bicyclic) bond motifs is 1. The van der Waals surface area contributed by atoms with Gasteiger partial charge in [-0.15, -0.1) is 0 Å². The fraction of sp³-hybridized carbons (Fsp3) is 0.400. The lowest BCUT2D eigenvalue weighted by molar-refractivity contribution is 0.586. The van der Waals surface area contributed by atoms with Crippen LogP contribution >= 0.6 is 0 Å². The molecule has 0 radical (unpaired) electrons. The summed E-state index contributed by atoms with van der Waals surface area (Å²) >= 11 is 0. The summed E-state index contributed by atoms with van der Waals surface area (Å²) in [6.07, 6.45) is 9.93. The van der Waals surface area contributed by atoms with Gasteiger partial charge in [-0.2, -0.15) is 5.10 Å². The van der Waals surface area contributed by atoms with Crippen LogP contribution in [-0.4, -0.2) is 37.8 Å². The average Bonchev–Trinajstić information content (AvgIpc) is 3.19. The Kier molecular flexibility index (Phi) is 2.87. The number of hydrogen-bond acceptors (Lipinski definition) is 4. The normalized spacial score (nSPS) is 18.7. The summed E-state index contributed by atoms with van der Waals surface area (Å²) in [5.41, 5.74) is 2.23. The lowest BCUT2D eigenvalue weighted by Crippen LogP contribution is -2.21. The molecule has 1 unspecified atom stereocenters. The van der Waals surface area contributed by atoms with Crippen LogP contribution in [0.2, 0.25) is 0 Å². The largest absolute Gasteiger partial charge is 0.356 e. The zero-order valence-electron chi connectivity index (χ0n) is 12.0. The van der Waals surface area contributed by atoms with E-state index in [4.69, 9.17) is 0 Å². The minimum atomic E-state index is 0.665. The molecule has 108 valence electrons. The van der Waals surface area contributed by atoms with Gasteiger partial charge in [0.2, 0.25) is 0 Å². The molecule has 21 heavy (non-hydrogen) atoms. The van der Waals surface area contributed by atoms with E-state index >= 15 is 0 Å². The topological polar surface area (TPSA) is 62.6 Å². The third-order valence-corrected chi connectivity index (χ3v) is 4.20. The first kappa shape index (κ1) is 12.4. The SMILES string of the molecule is Cn1cc(CC2CCN(c3ncnc4[nH]ccc34)C2)cn1. The third kappa shape index (κ3) is 2.26. The Labute approximate surface area is 122 Å². The average molecular weight is 282 g/mol. The third-order valence-electron chi connectivity index (χ3n) is 4.20. The Hall–Kier alpha value is -2.37. The van der Waals surface area contributed by atoms with E-state index in [2.05, 4.69) is 37.2 Å². The number of nitrogens with one attached hydrogen (secondary N) is 1. The van der Waals surface area contributed by atoms with Crippen LogP contribution < -0.4 is 4.90 Å². The van der Waals surface area contributed by atoms with Crippen molar-refractivity contribution in [1.82, 2.24) is 24.7 Å². The van der Waals surface area contributed by atoms with Crippen molar-refractivity contribution < 1.29 is 0 Å². The maximum absolute atomic E-state index is 4.49. The predicted molar refractivity (Wildman–Crippen MR) is 81.1 cm³/mol. The van der Waals surface area contributed by atoms with E-state index in [1.165, 1.54) is 12.0 Å². The summed E-state index contributed by atoms with van der Waals surface area (Å²) < 4.78 is 1.87. The Morgan fingerprint density at radius 1 is 1.38 bits per heavy atom. The van der Waals surface area contributed by atoms with Gasteiger partial charge in [-0.05, 0) is 30.4 Å². The molecule has 0 saturated carbocycles. The second-order valence-electron chi connectivity index (χ2n) is 5.76. The van der Waals surface area contributed by atoms with E-state index in [9.17, 15) is 0 Å². The Morgan fingerprint density at radius 2 is 2.33 bits per heavy atom. The molecular weight excluding hydrogens is 264 g/mol. The molecule has 1 saturated heterocycles. The Balaban J connectivity index is 1.52. The van der Waals surface area contributed by atoms with Crippen molar-refractivity contribution in [2.45, 2.75) is 12.8 Å². The molecular formula is C15H18N6. The summed E-state index contributed by atoms with van der Waals surface area (Å²) in [6.45, 7) is 2.11. The number of aromatic amines is 1. The maximum atomic E-state index is 4.49. The number of H-pyrrole nitrogens is 1. The highest BCUT2D eigenvalue weighted by Crippen LogP contribution is 2.28. The highest BCUT2D eigenvalue weighted by molar-refractivity contribution is 5.87. The zero-order chi connectivity index (χ0) is 14.2. The lowest BCUT2D eigenvalue weighted by atomic mass is 10.0. The zero-order valence-corrected chi connectivity index (χ0v) is 12.0. The molecule has 0 bridgehead atoms. The van der Waals surface area contributed by atoms with Crippen molar-refractivity contribution in [1.29, 1.82) is 0 Å². The predicted octanol–water partition coefficient (Wildman–Crippen LogP) is 1.76. The molecule has 6 heteroatoms. The van der Waals surface area contributed by atoms with Crippen LogP contribution in [0.15, 0.2) is 31.0 Å². The van der Waals surface area contributed by atoms with Gasteiger partial charge in [0.15, 0.2) is 0 Å². The first-order valence-corrected chi connectivity index (χ1v) is 7.30. The van der Waals surface area contributed by atoms with Crippen LogP contribution in [0.1, 0.15) is 12.0 Å². The number of aryl methyl sites for hydroxylation is 1. The van der Waals surface area contributed by atoms with Crippen LogP contribution in [0.25, 0.3) is 11.0 Å². The molecule has 1 fully saturated rings. The standard InChI is InChI=1S/C15H18N6/c1-20-8-12(7-19-20)6-11-3-5-21(9-11)15-13-2-4-16-14(13)17-10-18-15/h2,4,7-8,10-11H,3,5-6,9H2,1H3,(H,16,17,18). The molecule has 1 aliphatic rings. The van der Waals surface area contributed by atoms with Gasteiger partial charge in [-0.25, -0.2) is 9.97 Å². The van der Waals surface area contributed by atoms with Gasteiger partial charge >= 0.3 is 0 Å². The number of aromatic nitrogens is 5. The van der Waals surface area contributed by atoms with Gasteiger partial charge in [0.25, 0.3) is 0 Å². The van der Waals surface area contributed by atoms with Crippen LogP contribution in [0.5, 0.6) is 0 Å². The quantitative estimate of drug-likeness (QED) is 0.795. The molecule has 1 N–H and O–H groups in total. The smallest absolute Gasteiger partial charge is 0.142 e. The summed E-state index contributed by atoms with van der Waals surface area (Å²) in [6, 6.07) is 2.05. The molecule has 6 nitrogen and oxygen atoms in total. The fourth-order valence-corrected chi connectivity index (χ4v) is 3.21. The van der Waals surface area contributed by atoms with Gasteiger partial charge in [-0.1, -0.05) is 0 Å². The number of anilines is 1. The number of rotatable bonds is 3. The molecule has 4 rings (SSSR count). The van der Waals surface area contributed by atoms with Crippen molar-refractivity contribution in [2.75, 3.05) is 18.0 Å².